The van der Waals surface area contributed by atoms with E-state index in [2.05, 4.69) is 10.2 Å². The van der Waals surface area contributed by atoms with Gasteiger partial charge in [0.15, 0.2) is 0 Å². The fraction of sp³-hybridized carbons (Fsp3) is 0.571. The first-order valence-corrected chi connectivity index (χ1v) is 8.33. The van der Waals surface area contributed by atoms with Crippen molar-refractivity contribution in [2.45, 2.75) is 24.4 Å². The largest absolute Gasteiger partial charge is 0.316 e. The van der Waals surface area contributed by atoms with E-state index >= 15 is 0 Å². The van der Waals surface area contributed by atoms with Crippen molar-refractivity contribution in [3.63, 3.8) is 0 Å². The third-order valence-corrected chi connectivity index (χ3v) is 5.67. The summed E-state index contributed by atoms with van der Waals surface area (Å²) < 4.78 is 27.1. The molecular weight excluding hydrogens is 274 g/mol. The molecule has 1 aliphatic rings. The second-order valence-corrected chi connectivity index (χ2v) is 7.30. The van der Waals surface area contributed by atoms with Gasteiger partial charge >= 0.3 is 0 Å². The van der Waals surface area contributed by atoms with E-state index in [1.807, 2.05) is 27.1 Å². The van der Waals surface area contributed by atoms with E-state index in [0.29, 0.717) is 18.0 Å². The maximum Gasteiger partial charge on any atom is 0.243 e. The average Bonchev–Trinajstić information content (AvgIpc) is 2.39. The van der Waals surface area contributed by atoms with Crippen LogP contribution in [0.25, 0.3) is 0 Å². The minimum Gasteiger partial charge on any atom is -0.316 e. The summed E-state index contributed by atoms with van der Waals surface area (Å²) in [7, 11) is 0.476. The lowest BCUT2D eigenvalue weighted by Crippen LogP contribution is -2.52. The number of nitrogens with zero attached hydrogens (tertiary/aromatic N) is 2. The summed E-state index contributed by atoms with van der Waals surface area (Å²) in [4.78, 5) is 2.55. The number of hydrogen-bond donors (Lipinski definition) is 1. The monoisotopic (exact) mass is 297 g/mol. The molecule has 0 radical (unpaired) electrons. The molecule has 1 fully saturated rings. The van der Waals surface area contributed by atoms with Crippen molar-refractivity contribution >= 4 is 10.0 Å². The molecule has 6 heteroatoms. The molecule has 5 nitrogen and oxygen atoms in total. The molecule has 0 aliphatic carbocycles. The molecule has 1 unspecified atom stereocenters. The van der Waals surface area contributed by atoms with Crippen LogP contribution in [0.1, 0.15) is 12.5 Å². The summed E-state index contributed by atoms with van der Waals surface area (Å²) in [6.45, 7) is 4.73. The number of likely N-dealkylation sites (N-methyl/N-ethyl adjacent to an activating group) is 1. The Labute approximate surface area is 121 Å². The van der Waals surface area contributed by atoms with Crippen LogP contribution >= 0.6 is 0 Å². The minimum absolute atomic E-state index is 0.00621. The second kappa shape index (κ2) is 6.22. The van der Waals surface area contributed by atoms with E-state index in [0.717, 1.165) is 18.7 Å². The van der Waals surface area contributed by atoms with E-state index in [-0.39, 0.29) is 6.04 Å². The van der Waals surface area contributed by atoms with Crippen molar-refractivity contribution in [3.05, 3.63) is 29.8 Å². The van der Waals surface area contributed by atoms with Crippen molar-refractivity contribution in [2.24, 2.45) is 0 Å². The quantitative estimate of drug-likeness (QED) is 0.890. The number of piperazine rings is 1. The summed E-state index contributed by atoms with van der Waals surface area (Å²) in [5.41, 5.74) is 0.982. The fourth-order valence-corrected chi connectivity index (χ4v) is 4.32. The summed E-state index contributed by atoms with van der Waals surface area (Å²) in [6.07, 6.45) is 0. The molecule has 1 N–H and O–H groups in total. The van der Waals surface area contributed by atoms with Gasteiger partial charge in [0.2, 0.25) is 10.0 Å². The van der Waals surface area contributed by atoms with E-state index in [1.54, 1.807) is 22.5 Å². The molecule has 1 saturated heterocycles. The Kier molecular flexibility index (Phi) is 4.80. The van der Waals surface area contributed by atoms with Gasteiger partial charge in [0.05, 0.1) is 4.90 Å². The van der Waals surface area contributed by atoms with Crippen molar-refractivity contribution in [1.29, 1.82) is 0 Å². The summed E-state index contributed by atoms with van der Waals surface area (Å²) in [5.74, 6) is 0. The van der Waals surface area contributed by atoms with Gasteiger partial charge in [-0.1, -0.05) is 12.1 Å². The van der Waals surface area contributed by atoms with Gasteiger partial charge in [-0.3, -0.25) is 0 Å². The van der Waals surface area contributed by atoms with Gasteiger partial charge in [0, 0.05) is 32.2 Å². The molecule has 0 amide bonds. The Balaban J connectivity index is 2.28. The van der Waals surface area contributed by atoms with E-state index < -0.39 is 10.0 Å². The molecule has 1 aromatic rings. The summed E-state index contributed by atoms with van der Waals surface area (Å²) in [6, 6.07) is 7.19. The highest BCUT2D eigenvalue weighted by atomic mass is 32.2. The van der Waals surface area contributed by atoms with Crippen LogP contribution in [0.5, 0.6) is 0 Å². The first kappa shape index (κ1) is 15.4. The number of hydrogen-bond acceptors (Lipinski definition) is 4. The molecule has 2 rings (SSSR count). The van der Waals surface area contributed by atoms with Gasteiger partial charge < -0.3 is 10.2 Å². The number of benzene rings is 1. The molecule has 0 spiro atoms. The standard InChI is InChI=1S/C14H23N3O2S/c1-12-11-16(3)7-8-17(12)20(18,19)14-6-4-5-13(9-14)10-15-2/h4-6,9,12,15H,7-8,10-11H2,1-3H3. The zero-order valence-electron chi connectivity index (χ0n) is 12.3. The first-order chi connectivity index (χ1) is 9.45. The lowest BCUT2D eigenvalue weighted by molar-refractivity contribution is 0.170. The Morgan fingerprint density at radius 2 is 2.10 bits per heavy atom. The SMILES string of the molecule is CNCc1cccc(S(=O)(=O)N2CCN(C)CC2C)c1. The van der Waals surface area contributed by atoms with Crippen LogP contribution in [-0.2, 0) is 16.6 Å². The predicted molar refractivity (Wildman–Crippen MR) is 80.1 cm³/mol. The van der Waals surface area contributed by atoms with Crippen molar-refractivity contribution in [2.75, 3.05) is 33.7 Å². The molecule has 1 atom stereocenters. The Morgan fingerprint density at radius 1 is 1.35 bits per heavy atom. The fourth-order valence-electron chi connectivity index (χ4n) is 2.64. The number of sulfonamides is 1. The third kappa shape index (κ3) is 3.20. The first-order valence-electron chi connectivity index (χ1n) is 6.89. The average molecular weight is 297 g/mol. The Morgan fingerprint density at radius 3 is 2.75 bits per heavy atom. The van der Waals surface area contributed by atoms with Crippen LogP contribution in [0.4, 0.5) is 0 Å². The Hall–Kier alpha value is -0.950. The molecule has 1 aromatic carbocycles. The van der Waals surface area contributed by atoms with Crippen molar-refractivity contribution in [3.8, 4) is 0 Å². The van der Waals surface area contributed by atoms with Gasteiger partial charge in [0.25, 0.3) is 0 Å². The van der Waals surface area contributed by atoms with Crippen LogP contribution in [0.3, 0.4) is 0 Å². The van der Waals surface area contributed by atoms with Gasteiger partial charge in [-0.25, -0.2) is 8.42 Å². The smallest absolute Gasteiger partial charge is 0.243 e. The van der Waals surface area contributed by atoms with Gasteiger partial charge in [-0.05, 0) is 38.7 Å². The Bertz CT molecular complexity index is 559. The molecule has 1 heterocycles. The van der Waals surface area contributed by atoms with Crippen LogP contribution < -0.4 is 5.32 Å². The van der Waals surface area contributed by atoms with Gasteiger partial charge in [0.1, 0.15) is 0 Å². The van der Waals surface area contributed by atoms with E-state index in [9.17, 15) is 8.42 Å². The zero-order chi connectivity index (χ0) is 14.8. The lowest BCUT2D eigenvalue weighted by atomic mass is 10.2. The minimum atomic E-state index is -3.40. The van der Waals surface area contributed by atoms with Crippen LogP contribution in [0, 0.1) is 0 Å². The zero-order valence-corrected chi connectivity index (χ0v) is 13.2. The highest BCUT2D eigenvalue weighted by Crippen LogP contribution is 2.21. The van der Waals surface area contributed by atoms with Crippen molar-refractivity contribution < 1.29 is 8.42 Å². The summed E-state index contributed by atoms with van der Waals surface area (Å²) in [5, 5.41) is 3.04. The van der Waals surface area contributed by atoms with Crippen LogP contribution in [0.2, 0.25) is 0 Å². The van der Waals surface area contributed by atoms with Crippen LogP contribution in [-0.4, -0.2) is 57.4 Å². The normalized spacial score (nSPS) is 22.1. The molecule has 112 valence electrons. The molecule has 1 aliphatic heterocycles. The number of nitrogens with one attached hydrogen (secondary N) is 1. The van der Waals surface area contributed by atoms with Crippen LogP contribution in [0.15, 0.2) is 29.2 Å². The van der Waals surface area contributed by atoms with E-state index in [4.69, 9.17) is 0 Å². The van der Waals surface area contributed by atoms with Gasteiger partial charge in [-0.2, -0.15) is 4.31 Å². The maximum absolute atomic E-state index is 12.7. The summed E-state index contributed by atoms with van der Waals surface area (Å²) >= 11 is 0. The third-order valence-electron chi connectivity index (χ3n) is 3.66. The molecular formula is C14H23N3O2S. The maximum atomic E-state index is 12.7. The predicted octanol–water partition coefficient (Wildman–Crippen LogP) is 0.731. The number of rotatable bonds is 4. The molecule has 20 heavy (non-hydrogen) atoms. The van der Waals surface area contributed by atoms with Gasteiger partial charge in [-0.15, -0.1) is 0 Å². The van der Waals surface area contributed by atoms with E-state index in [1.165, 1.54) is 0 Å². The second-order valence-electron chi connectivity index (χ2n) is 5.40. The highest BCUT2D eigenvalue weighted by molar-refractivity contribution is 7.89. The molecule has 0 saturated carbocycles. The lowest BCUT2D eigenvalue weighted by Gasteiger charge is -2.37. The molecule has 0 aromatic heterocycles. The van der Waals surface area contributed by atoms with Crippen molar-refractivity contribution in [1.82, 2.24) is 14.5 Å². The topological polar surface area (TPSA) is 52.7 Å². The molecule has 0 bridgehead atoms. The highest BCUT2D eigenvalue weighted by Gasteiger charge is 2.32.